The Labute approximate surface area is 125 Å². The molecule has 1 saturated carbocycles. The lowest BCUT2D eigenvalue weighted by molar-refractivity contribution is 0.340. The van der Waals surface area contributed by atoms with Gasteiger partial charge in [0.15, 0.2) is 5.11 Å². The van der Waals surface area contributed by atoms with Gasteiger partial charge in [0.25, 0.3) is 0 Å². The Balaban J connectivity index is 1.81. The van der Waals surface area contributed by atoms with E-state index in [0.29, 0.717) is 11.7 Å². The first-order valence-corrected chi connectivity index (χ1v) is 7.54. The number of hydrogen-bond donors (Lipinski definition) is 2. The minimum atomic E-state index is 0.521. The number of nitrogens with one attached hydrogen (secondary N) is 2. The molecule has 0 spiro atoms. The van der Waals surface area contributed by atoms with Gasteiger partial charge in [-0.2, -0.15) is 5.10 Å². The van der Waals surface area contributed by atoms with Crippen molar-refractivity contribution in [2.75, 3.05) is 11.9 Å². The molecule has 0 atom stereocenters. The van der Waals surface area contributed by atoms with Crippen molar-refractivity contribution >= 4 is 28.7 Å². The number of ether oxygens (including phenoxy) is 1. The van der Waals surface area contributed by atoms with Crippen molar-refractivity contribution < 1.29 is 4.74 Å². The first kappa shape index (κ1) is 14.8. The van der Waals surface area contributed by atoms with Crippen LogP contribution in [0.4, 0.5) is 5.69 Å². The summed E-state index contributed by atoms with van der Waals surface area (Å²) in [7, 11) is 0. The molecule has 0 bridgehead atoms. The van der Waals surface area contributed by atoms with E-state index in [-0.39, 0.29) is 0 Å². The van der Waals surface area contributed by atoms with Crippen molar-refractivity contribution in [3.8, 4) is 5.75 Å². The Morgan fingerprint density at radius 1 is 1.20 bits per heavy atom. The Bertz CT molecular complexity index is 463. The minimum absolute atomic E-state index is 0.521. The summed E-state index contributed by atoms with van der Waals surface area (Å²) in [5, 5.41) is 7.99. The van der Waals surface area contributed by atoms with Crippen LogP contribution in [-0.4, -0.2) is 17.4 Å². The molecular formula is C15H21N3OS. The number of benzene rings is 1. The van der Waals surface area contributed by atoms with E-state index in [1.807, 2.05) is 31.2 Å². The quantitative estimate of drug-likeness (QED) is 0.656. The highest BCUT2D eigenvalue weighted by Crippen LogP contribution is 2.16. The average molecular weight is 291 g/mol. The maximum atomic E-state index is 5.39. The van der Waals surface area contributed by atoms with Gasteiger partial charge in [-0.25, -0.2) is 0 Å². The predicted octanol–water partition coefficient (Wildman–Crippen LogP) is 3.69. The SMILES string of the molecule is CCOc1ccc(NC(=S)NN=C2CCCCC2)cc1. The molecule has 1 fully saturated rings. The van der Waals surface area contributed by atoms with Crippen LogP contribution < -0.4 is 15.5 Å². The van der Waals surface area contributed by atoms with E-state index in [9.17, 15) is 0 Å². The molecule has 20 heavy (non-hydrogen) atoms. The molecule has 0 amide bonds. The number of hydrazone groups is 1. The van der Waals surface area contributed by atoms with Crippen LogP contribution in [-0.2, 0) is 0 Å². The number of hydrogen-bond acceptors (Lipinski definition) is 3. The molecule has 0 radical (unpaired) electrons. The summed E-state index contributed by atoms with van der Waals surface area (Å²) >= 11 is 5.23. The zero-order chi connectivity index (χ0) is 14.2. The topological polar surface area (TPSA) is 45.6 Å². The second-order valence-corrected chi connectivity index (χ2v) is 5.17. The fourth-order valence-electron chi connectivity index (χ4n) is 2.16. The van der Waals surface area contributed by atoms with Gasteiger partial charge in [-0.1, -0.05) is 6.42 Å². The van der Waals surface area contributed by atoms with Crippen molar-refractivity contribution in [3.05, 3.63) is 24.3 Å². The van der Waals surface area contributed by atoms with Gasteiger partial charge >= 0.3 is 0 Å². The molecule has 0 aromatic heterocycles. The number of rotatable bonds is 4. The van der Waals surface area contributed by atoms with Gasteiger partial charge in [-0.05, 0) is 69.1 Å². The molecular weight excluding hydrogens is 270 g/mol. The molecule has 1 aromatic rings. The summed E-state index contributed by atoms with van der Waals surface area (Å²) in [5.74, 6) is 0.861. The molecule has 0 heterocycles. The van der Waals surface area contributed by atoms with Crippen LogP contribution in [0, 0.1) is 0 Å². The normalized spacial score (nSPS) is 14.6. The molecule has 2 N–H and O–H groups in total. The van der Waals surface area contributed by atoms with Gasteiger partial charge in [-0.3, -0.25) is 5.43 Å². The maximum absolute atomic E-state index is 5.39. The third-order valence-corrected chi connectivity index (χ3v) is 3.36. The summed E-state index contributed by atoms with van der Waals surface area (Å²) in [6, 6.07) is 7.71. The first-order valence-electron chi connectivity index (χ1n) is 7.13. The molecule has 1 aliphatic rings. The van der Waals surface area contributed by atoms with Crippen molar-refractivity contribution in [2.45, 2.75) is 39.0 Å². The zero-order valence-corrected chi connectivity index (χ0v) is 12.6. The highest BCUT2D eigenvalue weighted by Gasteiger charge is 2.06. The van der Waals surface area contributed by atoms with Gasteiger partial charge in [0, 0.05) is 11.4 Å². The summed E-state index contributed by atoms with van der Waals surface area (Å²) in [6.45, 7) is 2.64. The van der Waals surface area contributed by atoms with Gasteiger partial charge in [0.2, 0.25) is 0 Å². The lowest BCUT2D eigenvalue weighted by atomic mass is 9.99. The number of anilines is 1. The van der Waals surface area contributed by atoms with Crippen LogP contribution >= 0.6 is 12.2 Å². The summed E-state index contributed by atoms with van der Waals surface area (Å²) in [6.07, 6.45) is 5.95. The zero-order valence-electron chi connectivity index (χ0n) is 11.8. The molecule has 1 aliphatic carbocycles. The van der Waals surface area contributed by atoms with E-state index in [0.717, 1.165) is 24.3 Å². The van der Waals surface area contributed by atoms with E-state index in [1.54, 1.807) is 0 Å². The van der Waals surface area contributed by atoms with Crippen LogP contribution in [0.5, 0.6) is 5.75 Å². The molecule has 4 nitrogen and oxygen atoms in total. The Kier molecular flexibility index (Phi) is 5.80. The van der Waals surface area contributed by atoms with Crippen LogP contribution in [0.1, 0.15) is 39.0 Å². The molecule has 1 aromatic carbocycles. The summed E-state index contributed by atoms with van der Waals surface area (Å²) in [5.41, 5.74) is 5.06. The Morgan fingerprint density at radius 2 is 1.90 bits per heavy atom. The number of nitrogens with zero attached hydrogens (tertiary/aromatic N) is 1. The fourth-order valence-corrected chi connectivity index (χ4v) is 2.33. The number of thiocarbonyl (C=S) groups is 1. The standard InChI is InChI=1S/C15H21N3OS/c1-2-19-14-10-8-12(9-11-14)16-15(20)18-17-13-6-4-3-5-7-13/h8-11H,2-7H2,1H3,(H2,16,18,20). The monoisotopic (exact) mass is 291 g/mol. The third-order valence-electron chi connectivity index (χ3n) is 3.17. The highest BCUT2D eigenvalue weighted by atomic mass is 32.1. The highest BCUT2D eigenvalue weighted by molar-refractivity contribution is 7.80. The smallest absolute Gasteiger partial charge is 0.191 e. The van der Waals surface area contributed by atoms with Gasteiger partial charge < -0.3 is 10.1 Å². The lowest BCUT2D eigenvalue weighted by Gasteiger charge is -2.13. The average Bonchev–Trinajstić information content (AvgIpc) is 2.49. The molecule has 0 saturated heterocycles. The van der Waals surface area contributed by atoms with Crippen LogP contribution in [0.25, 0.3) is 0 Å². The van der Waals surface area contributed by atoms with E-state index in [1.165, 1.54) is 25.0 Å². The Hall–Kier alpha value is -1.62. The first-order chi connectivity index (χ1) is 9.78. The molecule has 108 valence electrons. The van der Waals surface area contributed by atoms with Gasteiger partial charge in [0.05, 0.1) is 6.61 Å². The maximum Gasteiger partial charge on any atom is 0.191 e. The van der Waals surface area contributed by atoms with E-state index >= 15 is 0 Å². The molecule has 0 aliphatic heterocycles. The summed E-state index contributed by atoms with van der Waals surface area (Å²) < 4.78 is 5.39. The molecule has 5 heteroatoms. The third kappa shape index (κ3) is 4.81. The Morgan fingerprint density at radius 3 is 2.55 bits per heavy atom. The van der Waals surface area contributed by atoms with Crippen LogP contribution in [0.2, 0.25) is 0 Å². The van der Waals surface area contributed by atoms with Crippen molar-refractivity contribution in [2.24, 2.45) is 5.10 Å². The second kappa shape index (κ2) is 7.85. The lowest BCUT2D eigenvalue weighted by Crippen LogP contribution is -2.25. The van der Waals surface area contributed by atoms with E-state index in [2.05, 4.69) is 15.8 Å². The van der Waals surface area contributed by atoms with Crippen molar-refractivity contribution in [3.63, 3.8) is 0 Å². The fraction of sp³-hybridized carbons (Fsp3) is 0.467. The van der Waals surface area contributed by atoms with Crippen molar-refractivity contribution in [1.29, 1.82) is 0 Å². The predicted molar refractivity (Wildman–Crippen MR) is 87.5 cm³/mol. The largest absolute Gasteiger partial charge is 0.494 e. The van der Waals surface area contributed by atoms with Crippen LogP contribution in [0.3, 0.4) is 0 Å². The van der Waals surface area contributed by atoms with Crippen molar-refractivity contribution in [1.82, 2.24) is 5.43 Å². The van der Waals surface area contributed by atoms with Gasteiger partial charge in [0.1, 0.15) is 5.75 Å². The second-order valence-electron chi connectivity index (χ2n) is 4.76. The van der Waals surface area contributed by atoms with Gasteiger partial charge in [-0.15, -0.1) is 0 Å². The van der Waals surface area contributed by atoms with E-state index < -0.39 is 0 Å². The minimum Gasteiger partial charge on any atom is -0.494 e. The summed E-state index contributed by atoms with van der Waals surface area (Å²) in [4.78, 5) is 0. The van der Waals surface area contributed by atoms with E-state index in [4.69, 9.17) is 17.0 Å². The molecule has 2 rings (SSSR count). The molecule has 0 unspecified atom stereocenters. The van der Waals surface area contributed by atoms with Crippen LogP contribution in [0.15, 0.2) is 29.4 Å².